The molecule has 0 aromatic rings. The third-order valence-electron chi connectivity index (χ3n) is 4.03. The van der Waals surface area contributed by atoms with E-state index in [0.717, 1.165) is 24.4 Å². The lowest BCUT2D eigenvalue weighted by Gasteiger charge is -2.21. The highest BCUT2D eigenvalue weighted by Gasteiger charge is 2.44. The van der Waals surface area contributed by atoms with Crippen molar-refractivity contribution >= 4 is 22.8 Å². The van der Waals surface area contributed by atoms with Crippen molar-refractivity contribution in [2.24, 2.45) is 4.99 Å². The number of rotatable bonds is 4. The van der Waals surface area contributed by atoms with Gasteiger partial charge in [0.15, 0.2) is 5.17 Å². The maximum absolute atomic E-state index is 12.2. The van der Waals surface area contributed by atoms with E-state index >= 15 is 0 Å². The van der Waals surface area contributed by atoms with Crippen LogP contribution in [-0.2, 0) is 4.79 Å². The van der Waals surface area contributed by atoms with Gasteiger partial charge in [-0.05, 0) is 25.7 Å². The standard InChI is InChI=1S/C14H24N2OS/c1-3-10-14(4-2)12(17)16-13(18-14)15-11-8-6-5-7-9-11/h11H,3-10H2,1-2H3,(H,15,16,17). The number of aliphatic imine (C=N–C) groups is 1. The van der Waals surface area contributed by atoms with Crippen LogP contribution in [0.15, 0.2) is 4.99 Å². The first-order chi connectivity index (χ1) is 8.70. The number of nitrogens with one attached hydrogen (secondary N) is 1. The fourth-order valence-electron chi connectivity index (χ4n) is 2.88. The van der Waals surface area contributed by atoms with E-state index in [9.17, 15) is 4.79 Å². The number of carbonyl (C=O) groups excluding carboxylic acids is 1. The second-order valence-electron chi connectivity index (χ2n) is 5.38. The van der Waals surface area contributed by atoms with Crippen LogP contribution in [0.4, 0.5) is 0 Å². The number of nitrogens with zero attached hydrogens (tertiary/aromatic N) is 1. The molecule has 0 radical (unpaired) electrons. The average Bonchev–Trinajstić information content (AvgIpc) is 2.68. The molecule has 0 bridgehead atoms. The molecule has 1 heterocycles. The zero-order valence-electron chi connectivity index (χ0n) is 11.5. The zero-order valence-corrected chi connectivity index (χ0v) is 12.3. The third-order valence-corrected chi connectivity index (χ3v) is 5.50. The van der Waals surface area contributed by atoms with Crippen LogP contribution in [0.5, 0.6) is 0 Å². The minimum absolute atomic E-state index is 0.173. The number of carbonyl (C=O) groups is 1. The Morgan fingerprint density at radius 3 is 2.67 bits per heavy atom. The van der Waals surface area contributed by atoms with Crippen LogP contribution in [-0.4, -0.2) is 21.9 Å². The smallest absolute Gasteiger partial charge is 0.242 e. The van der Waals surface area contributed by atoms with Crippen molar-refractivity contribution in [3.8, 4) is 0 Å². The summed E-state index contributed by atoms with van der Waals surface area (Å²) < 4.78 is -0.248. The predicted molar refractivity (Wildman–Crippen MR) is 78.0 cm³/mol. The largest absolute Gasteiger partial charge is 0.304 e. The molecule has 0 aromatic heterocycles. The fraction of sp³-hybridized carbons (Fsp3) is 0.857. The van der Waals surface area contributed by atoms with Gasteiger partial charge in [0, 0.05) is 0 Å². The van der Waals surface area contributed by atoms with Crippen molar-refractivity contribution in [1.29, 1.82) is 0 Å². The maximum Gasteiger partial charge on any atom is 0.242 e. The van der Waals surface area contributed by atoms with Crippen LogP contribution in [0.3, 0.4) is 0 Å². The summed E-state index contributed by atoms with van der Waals surface area (Å²) in [5.41, 5.74) is 0. The van der Waals surface area contributed by atoms with Crippen LogP contribution in [0, 0.1) is 0 Å². The monoisotopic (exact) mass is 268 g/mol. The van der Waals surface area contributed by atoms with Crippen molar-refractivity contribution < 1.29 is 4.79 Å². The highest BCUT2D eigenvalue weighted by Crippen LogP contribution is 2.39. The SMILES string of the molecule is CCCC1(CC)SC(=NC2CCCCC2)NC1=O. The van der Waals surface area contributed by atoms with Gasteiger partial charge in [0.1, 0.15) is 4.75 Å². The normalized spacial score (nSPS) is 31.9. The average molecular weight is 268 g/mol. The second-order valence-corrected chi connectivity index (χ2v) is 6.75. The van der Waals surface area contributed by atoms with Gasteiger partial charge in [-0.15, -0.1) is 0 Å². The van der Waals surface area contributed by atoms with Crippen molar-refractivity contribution in [1.82, 2.24) is 5.32 Å². The highest BCUT2D eigenvalue weighted by atomic mass is 32.2. The van der Waals surface area contributed by atoms with Gasteiger partial charge in [0.2, 0.25) is 5.91 Å². The number of amides is 1. The third kappa shape index (κ3) is 2.90. The summed E-state index contributed by atoms with van der Waals surface area (Å²) in [6, 6.07) is 0.441. The van der Waals surface area contributed by atoms with Crippen LogP contribution in [0.25, 0.3) is 0 Å². The van der Waals surface area contributed by atoms with Crippen LogP contribution >= 0.6 is 11.8 Å². The summed E-state index contributed by atoms with van der Waals surface area (Å²) in [5.74, 6) is 0.173. The van der Waals surface area contributed by atoms with Crippen molar-refractivity contribution in [2.45, 2.75) is 76.0 Å². The van der Waals surface area contributed by atoms with Gasteiger partial charge < -0.3 is 5.32 Å². The molecule has 1 atom stereocenters. The first kappa shape index (κ1) is 13.9. The minimum atomic E-state index is -0.248. The molecule has 1 unspecified atom stereocenters. The summed E-state index contributed by atoms with van der Waals surface area (Å²) in [7, 11) is 0. The van der Waals surface area contributed by atoms with E-state index in [1.807, 2.05) is 0 Å². The zero-order chi connectivity index (χ0) is 13.0. The van der Waals surface area contributed by atoms with E-state index in [1.165, 1.54) is 32.1 Å². The Morgan fingerprint density at radius 1 is 1.33 bits per heavy atom. The Kier molecular flexibility index (Phi) is 4.71. The Balaban J connectivity index is 2.04. The van der Waals surface area contributed by atoms with Crippen LogP contribution in [0.1, 0.15) is 65.2 Å². The van der Waals surface area contributed by atoms with Crippen LogP contribution in [0.2, 0.25) is 0 Å². The van der Waals surface area contributed by atoms with Gasteiger partial charge in [0.25, 0.3) is 0 Å². The molecule has 3 nitrogen and oxygen atoms in total. The first-order valence-electron chi connectivity index (χ1n) is 7.28. The molecule has 0 aromatic carbocycles. The lowest BCUT2D eigenvalue weighted by atomic mass is 9.96. The van der Waals surface area contributed by atoms with Gasteiger partial charge >= 0.3 is 0 Å². The number of thioether (sulfide) groups is 1. The molecule has 1 N–H and O–H groups in total. The van der Waals surface area contributed by atoms with E-state index in [2.05, 4.69) is 19.2 Å². The lowest BCUT2D eigenvalue weighted by Crippen LogP contribution is -2.36. The van der Waals surface area contributed by atoms with E-state index in [1.54, 1.807) is 11.8 Å². The molecular formula is C14H24N2OS. The molecule has 1 saturated carbocycles. The Bertz CT molecular complexity index is 337. The molecule has 1 saturated heterocycles. The van der Waals surface area contributed by atoms with Gasteiger partial charge in [-0.2, -0.15) is 0 Å². The Hall–Kier alpha value is -0.510. The van der Waals surface area contributed by atoms with Gasteiger partial charge in [-0.25, -0.2) is 0 Å². The van der Waals surface area contributed by atoms with Crippen LogP contribution < -0.4 is 5.32 Å². The minimum Gasteiger partial charge on any atom is -0.304 e. The second kappa shape index (κ2) is 6.09. The number of hydrogen-bond acceptors (Lipinski definition) is 3. The number of hydrogen-bond donors (Lipinski definition) is 1. The van der Waals surface area contributed by atoms with Gasteiger partial charge in [-0.3, -0.25) is 9.79 Å². The molecule has 0 spiro atoms. The molecule has 4 heteroatoms. The topological polar surface area (TPSA) is 41.5 Å². The molecule has 1 amide bonds. The summed E-state index contributed by atoms with van der Waals surface area (Å²) >= 11 is 1.67. The first-order valence-corrected chi connectivity index (χ1v) is 8.10. The molecule has 2 rings (SSSR count). The van der Waals surface area contributed by atoms with E-state index < -0.39 is 0 Å². The van der Waals surface area contributed by atoms with E-state index in [4.69, 9.17) is 4.99 Å². The predicted octanol–water partition coefficient (Wildman–Crippen LogP) is 3.49. The van der Waals surface area contributed by atoms with E-state index in [0.29, 0.717) is 6.04 Å². The summed E-state index contributed by atoms with van der Waals surface area (Å²) in [5, 5.41) is 3.88. The fourth-order valence-corrected chi connectivity index (χ4v) is 4.19. The summed E-state index contributed by atoms with van der Waals surface area (Å²) in [6.45, 7) is 4.24. The highest BCUT2D eigenvalue weighted by molar-refractivity contribution is 8.16. The van der Waals surface area contributed by atoms with Gasteiger partial charge in [-0.1, -0.05) is 51.3 Å². The lowest BCUT2D eigenvalue weighted by molar-refractivity contribution is -0.121. The molecule has 102 valence electrons. The van der Waals surface area contributed by atoms with E-state index in [-0.39, 0.29) is 10.7 Å². The molecule has 1 aliphatic heterocycles. The molecule has 18 heavy (non-hydrogen) atoms. The molecule has 2 fully saturated rings. The summed E-state index contributed by atoms with van der Waals surface area (Å²) in [4.78, 5) is 16.9. The van der Waals surface area contributed by atoms with Gasteiger partial charge in [0.05, 0.1) is 6.04 Å². The Labute approximate surface area is 114 Å². The number of amidine groups is 1. The summed E-state index contributed by atoms with van der Waals surface area (Å²) in [6.07, 6.45) is 9.17. The molecule has 1 aliphatic carbocycles. The quantitative estimate of drug-likeness (QED) is 0.848. The Morgan fingerprint density at radius 2 is 2.06 bits per heavy atom. The van der Waals surface area contributed by atoms with Crippen molar-refractivity contribution in [3.63, 3.8) is 0 Å². The van der Waals surface area contributed by atoms with Crippen molar-refractivity contribution in [2.75, 3.05) is 0 Å². The maximum atomic E-state index is 12.2. The molecule has 2 aliphatic rings. The molecular weight excluding hydrogens is 244 g/mol. The van der Waals surface area contributed by atoms with Crippen molar-refractivity contribution in [3.05, 3.63) is 0 Å².